The topological polar surface area (TPSA) is 24.1 Å². The number of nitrogens with one attached hydrogen (secondary N) is 2. The molecule has 1 rings (SSSR count). The number of benzene rings is 1. The van der Waals surface area contributed by atoms with Crippen LogP contribution < -0.4 is 10.6 Å². The molecule has 90 valence electrons. The number of hydrogen-bond acceptors (Lipinski definition) is 2. The van der Waals surface area contributed by atoms with Crippen molar-refractivity contribution in [3.05, 3.63) is 28.5 Å². The van der Waals surface area contributed by atoms with Crippen molar-refractivity contribution in [1.29, 1.82) is 0 Å². The highest BCUT2D eigenvalue weighted by Gasteiger charge is 2.07. The standard InChI is InChI=1S/C12H18BrFN2/c1-3-9(7-15-2)8-16-12-6-10(13)4-5-11(12)14/h4-6,9,15-16H,3,7-8H2,1-2H3. The molecular formula is C12H18BrFN2. The van der Waals surface area contributed by atoms with Crippen LogP contribution in [0.25, 0.3) is 0 Å². The number of anilines is 1. The van der Waals surface area contributed by atoms with Crippen LogP contribution >= 0.6 is 15.9 Å². The Morgan fingerprint density at radius 3 is 2.75 bits per heavy atom. The normalized spacial score (nSPS) is 12.5. The van der Waals surface area contributed by atoms with E-state index in [1.165, 1.54) is 6.07 Å². The van der Waals surface area contributed by atoms with Gasteiger partial charge in [0.1, 0.15) is 5.82 Å². The molecule has 0 amide bonds. The maximum Gasteiger partial charge on any atom is 0.146 e. The molecule has 2 N–H and O–H groups in total. The van der Waals surface area contributed by atoms with Gasteiger partial charge in [0.05, 0.1) is 5.69 Å². The summed E-state index contributed by atoms with van der Waals surface area (Å²) in [6.45, 7) is 3.87. The van der Waals surface area contributed by atoms with Crippen molar-refractivity contribution in [2.45, 2.75) is 13.3 Å². The van der Waals surface area contributed by atoms with Gasteiger partial charge in [-0.05, 0) is 37.7 Å². The molecule has 1 aromatic carbocycles. The Balaban J connectivity index is 2.55. The summed E-state index contributed by atoms with van der Waals surface area (Å²) in [6.07, 6.45) is 1.07. The summed E-state index contributed by atoms with van der Waals surface area (Å²) in [5.41, 5.74) is 0.559. The van der Waals surface area contributed by atoms with E-state index in [0.717, 1.165) is 24.0 Å². The molecule has 4 heteroatoms. The molecule has 0 radical (unpaired) electrons. The first kappa shape index (κ1) is 13.5. The van der Waals surface area contributed by atoms with E-state index in [2.05, 4.69) is 33.5 Å². The Morgan fingerprint density at radius 1 is 1.38 bits per heavy atom. The van der Waals surface area contributed by atoms with E-state index in [0.29, 0.717) is 11.6 Å². The smallest absolute Gasteiger partial charge is 0.146 e. The molecule has 0 heterocycles. The van der Waals surface area contributed by atoms with Crippen molar-refractivity contribution >= 4 is 21.6 Å². The lowest BCUT2D eigenvalue weighted by atomic mass is 10.1. The largest absolute Gasteiger partial charge is 0.382 e. The Bertz CT molecular complexity index is 331. The molecule has 1 atom stereocenters. The maximum absolute atomic E-state index is 13.4. The van der Waals surface area contributed by atoms with Crippen molar-refractivity contribution in [2.75, 3.05) is 25.5 Å². The highest BCUT2D eigenvalue weighted by atomic mass is 79.9. The molecule has 2 nitrogen and oxygen atoms in total. The van der Waals surface area contributed by atoms with Gasteiger partial charge in [-0.25, -0.2) is 4.39 Å². The zero-order valence-electron chi connectivity index (χ0n) is 9.69. The van der Waals surface area contributed by atoms with Crippen LogP contribution in [-0.2, 0) is 0 Å². The first-order chi connectivity index (χ1) is 7.67. The second-order valence-electron chi connectivity index (χ2n) is 3.84. The zero-order chi connectivity index (χ0) is 12.0. The fourth-order valence-corrected chi connectivity index (χ4v) is 1.90. The Morgan fingerprint density at radius 2 is 2.12 bits per heavy atom. The molecular weight excluding hydrogens is 271 g/mol. The lowest BCUT2D eigenvalue weighted by Crippen LogP contribution is -2.25. The van der Waals surface area contributed by atoms with Crippen LogP contribution in [0.2, 0.25) is 0 Å². The molecule has 0 aromatic heterocycles. The molecule has 0 fully saturated rings. The summed E-state index contributed by atoms with van der Waals surface area (Å²) in [6, 6.07) is 4.93. The quantitative estimate of drug-likeness (QED) is 0.840. The van der Waals surface area contributed by atoms with Crippen LogP contribution in [-0.4, -0.2) is 20.1 Å². The van der Waals surface area contributed by atoms with Crippen molar-refractivity contribution in [3.8, 4) is 0 Å². The van der Waals surface area contributed by atoms with Gasteiger partial charge in [-0.15, -0.1) is 0 Å². The monoisotopic (exact) mass is 288 g/mol. The van der Waals surface area contributed by atoms with E-state index in [1.807, 2.05) is 7.05 Å². The second-order valence-corrected chi connectivity index (χ2v) is 4.75. The summed E-state index contributed by atoms with van der Waals surface area (Å²) >= 11 is 3.33. The lowest BCUT2D eigenvalue weighted by Gasteiger charge is -2.16. The van der Waals surface area contributed by atoms with Crippen molar-refractivity contribution in [2.24, 2.45) is 5.92 Å². The number of halogens is 2. The molecule has 0 aliphatic carbocycles. The predicted molar refractivity (Wildman–Crippen MR) is 70.3 cm³/mol. The number of rotatable bonds is 6. The summed E-state index contributed by atoms with van der Waals surface area (Å²) in [5.74, 6) is 0.311. The SMILES string of the molecule is CCC(CNC)CNc1cc(Br)ccc1F. The molecule has 16 heavy (non-hydrogen) atoms. The summed E-state index contributed by atoms with van der Waals surface area (Å²) in [5, 5.41) is 6.28. The van der Waals surface area contributed by atoms with Gasteiger partial charge in [0, 0.05) is 11.0 Å². The minimum absolute atomic E-state index is 0.206. The molecule has 0 saturated carbocycles. The van der Waals surface area contributed by atoms with Gasteiger partial charge in [-0.1, -0.05) is 29.3 Å². The highest BCUT2D eigenvalue weighted by molar-refractivity contribution is 9.10. The molecule has 1 unspecified atom stereocenters. The van der Waals surface area contributed by atoms with Crippen molar-refractivity contribution < 1.29 is 4.39 Å². The van der Waals surface area contributed by atoms with E-state index >= 15 is 0 Å². The summed E-state index contributed by atoms with van der Waals surface area (Å²) in [4.78, 5) is 0. The van der Waals surface area contributed by atoms with Crippen LogP contribution in [0.1, 0.15) is 13.3 Å². The summed E-state index contributed by atoms with van der Waals surface area (Å²) < 4.78 is 14.3. The van der Waals surface area contributed by atoms with Gasteiger partial charge in [0.15, 0.2) is 0 Å². The lowest BCUT2D eigenvalue weighted by molar-refractivity contribution is 0.505. The average molecular weight is 289 g/mol. The maximum atomic E-state index is 13.4. The van der Waals surface area contributed by atoms with Crippen molar-refractivity contribution in [3.63, 3.8) is 0 Å². The fourth-order valence-electron chi connectivity index (χ4n) is 1.54. The third-order valence-electron chi connectivity index (χ3n) is 2.58. The Kier molecular flexibility index (Phi) is 5.77. The molecule has 0 saturated heterocycles. The highest BCUT2D eigenvalue weighted by Crippen LogP contribution is 2.20. The van der Waals surface area contributed by atoms with E-state index in [1.54, 1.807) is 12.1 Å². The van der Waals surface area contributed by atoms with Gasteiger partial charge >= 0.3 is 0 Å². The van der Waals surface area contributed by atoms with Gasteiger partial charge < -0.3 is 10.6 Å². The van der Waals surface area contributed by atoms with Gasteiger partial charge in [0.25, 0.3) is 0 Å². The van der Waals surface area contributed by atoms with Crippen molar-refractivity contribution in [1.82, 2.24) is 5.32 Å². The molecule has 0 bridgehead atoms. The van der Waals surface area contributed by atoms with Crippen LogP contribution in [0, 0.1) is 11.7 Å². The van der Waals surface area contributed by atoms with Gasteiger partial charge in [0.2, 0.25) is 0 Å². The van der Waals surface area contributed by atoms with Crippen LogP contribution in [0.15, 0.2) is 22.7 Å². The summed E-state index contributed by atoms with van der Waals surface area (Å²) in [7, 11) is 1.93. The third-order valence-corrected chi connectivity index (χ3v) is 3.07. The number of hydrogen-bond donors (Lipinski definition) is 2. The van der Waals surface area contributed by atoms with E-state index in [4.69, 9.17) is 0 Å². The van der Waals surface area contributed by atoms with Crippen LogP contribution in [0.3, 0.4) is 0 Å². The Labute approximate surface area is 105 Å². The third kappa shape index (κ3) is 4.10. The second kappa shape index (κ2) is 6.86. The molecule has 1 aromatic rings. The molecule has 0 aliphatic rings. The fraction of sp³-hybridized carbons (Fsp3) is 0.500. The minimum atomic E-state index is -0.206. The molecule has 0 aliphatic heterocycles. The first-order valence-corrected chi connectivity index (χ1v) is 6.30. The average Bonchev–Trinajstić information content (AvgIpc) is 2.28. The Hall–Kier alpha value is -0.610. The van der Waals surface area contributed by atoms with E-state index in [9.17, 15) is 4.39 Å². The van der Waals surface area contributed by atoms with E-state index < -0.39 is 0 Å². The minimum Gasteiger partial charge on any atom is -0.382 e. The van der Waals surface area contributed by atoms with Crippen LogP contribution in [0.5, 0.6) is 0 Å². The predicted octanol–water partition coefficient (Wildman–Crippen LogP) is 3.25. The zero-order valence-corrected chi connectivity index (χ0v) is 11.3. The van der Waals surface area contributed by atoms with Gasteiger partial charge in [-0.2, -0.15) is 0 Å². The van der Waals surface area contributed by atoms with E-state index in [-0.39, 0.29) is 5.82 Å². The first-order valence-electron chi connectivity index (χ1n) is 5.50. The molecule has 0 spiro atoms. The van der Waals surface area contributed by atoms with Gasteiger partial charge in [-0.3, -0.25) is 0 Å². The van der Waals surface area contributed by atoms with Crippen LogP contribution in [0.4, 0.5) is 10.1 Å².